The van der Waals surface area contributed by atoms with Gasteiger partial charge in [-0.1, -0.05) is 0 Å². The van der Waals surface area contributed by atoms with E-state index in [0.717, 1.165) is 27.8 Å². The number of ether oxygens (including phenoxy) is 2. The Morgan fingerprint density at radius 2 is 2.12 bits per heavy atom. The lowest BCUT2D eigenvalue weighted by Gasteiger charge is -2.08. The van der Waals surface area contributed by atoms with E-state index in [1.807, 2.05) is 23.6 Å². The van der Waals surface area contributed by atoms with Crippen molar-refractivity contribution < 1.29 is 9.47 Å². The molecule has 0 N–H and O–H groups in total. The molecule has 0 saturated carbocycles. The van der Waals surface area contributed by atoms with Crippen molar-refractivity contribution >= 4 is 22.9 Å². The topological polar surface area (TPSA) is 31.4 Å². The van der Waals surface area contributed by atoms with E-state index in [4.69, 9.17) is 21.1 Å². The Kier molecular flexibility index (Phi) is 3.86. The summed E-state index contributed by atoms with van der Waals surface area (Å²) in [6.45, 7) is 0. The lowest BCUT2D eigenvalue weighted by Crippen LogP contribution is -1.90. The van der Waals surface area contributed by atoms with Crippen LogP contribution in [0.3, 0.4) is 0 Å². The minimum Gasteiger partial charge on any atom is -0.497 e. The van der Waals surface area contributed by atoms with Gasteiger partial charge < -0.3 is 9.47 Å². The zero-order valence-corrected chi connectivity index (χ0v) is 11.1. The van der Waals surface area contributed by atoms with E-state index in [1.165, 1.54) is 0 Å². The molecule has 17 heavy (non-hydrogen) atoms. The number of hydrogen-bond donors (Lipinski definition) is 0. The van der Waals surface area contributed by atoms with E-state index >= 15 is 0 Å². The minimum absolute atomic E-state index is 0.434. The van der Waals surface area contributed by atoms with E-state index in [2.05, 4.69) is 4.98 Å². The molecular weight excluding hydrogens is 258 g/mol. The molecule has 0 aliphatic rings. The number of nitrogens with zero attached hydrogens (tertiary/aromatic N) is 1. The van der Waals surface area contributed by atoms with Crippen molar-refractivity contribution in [3.8, 4) is 22.8 Å². The number of thiazole rings is 1. The zero-order chi connectivity index (χ0) is 12.3. The monoisotopic (exact) mass is 269 g/mol. The molecule has 0 atom stereocenters. The van der Waals surface area contributed by atoms with Gasteiger partial charge in [0.05, 0.1) is 25.8 Å². The highest BCUT2D eigenvalue weighted by atomic mass is 35.5. The van der Waals surface area contributed by atoms with E-state index < -0.39 is 0 Å². The summed E-state index contributed by atoms with van der Waals surface area (Å²) in [4.78, 5) is 4.43. The highest BCUT2D eigenvalue weighted by molar-refractivity contribution is 7.10. The third kappa shape index (κ3) is 2.53. The van der Waals surface area contributed by atoms with Crippen molar-refractivity contribution in [1.82, 2.24) is 4.98 Å². The summed E-state index contributed by atoms with van der Waals surface area (Å²) >= 11 is 7.29. The van der Waals surface area contributed by atoms with Gasteiger partial charge in [0.15, 0.2) is 0 Å². The van der Waals surface area contributed by atoms with Crippen LogP contribution in [-0.2, 0) is 5.88 Å². The molecule has 0 aliphatic carbocycles. The van der Waals surface area contributed by atoms with Crippen LogP contribution in [0.25, 0.3) is 11.3 Å². The predicted octanol–water partition coefficient (Wildman–Crippen LogP) is 3.57. The maximum absolute atomic E-state index is 5.75. The first-order valence-corrected chi connectivity index (χ1v) is 6.42. The molecule has 0 unspecified atom stereocenters. The van der Waals surface area contributed by atoms with Crippen LogP contribution in [0, 0.1) is 0 Å². The molecule has 1 aromatic heterocycles. The lowest BCUT2D eigenvalue weighted by atomic mass is 10.1. The molecular formula is C12H12ClNO2S. The zero-order valence-electron chi connectivity index (χ0n) is 9.57. The normalized spacial score (nSPS) is 10.3. The first-order chi connectivity index (χ1) is 8.28. The number of alkyl halides is 1. The van der Waals surface area contributed by atoms with Crippen LogP contribution in [-0.4, -0.2) is 19.2 Å². The molecule has 2 rings (SSSR count). The van der Waals surface area contributed by atoms with Crippen molar-refractivity contribution in [3.05, 3.63) is 28.6 Å². The van der Waals surface area contributed by atoms with E-state index in [0.29, 0.717) is 5.88 Å². The maximum atomic E-state index is 5.75. The quantitative estimate of drug-likeness (QED) is 0.795. The van der Waals surface area contributed by atoms with E-state index in [9.17, 15) is 0 Å². The second-order valence-corrected chi connectivity index (χ2v) is 4.54. The molecule has 0 bridgehead atoms. The summed E-state index contributed by atoms with van der Waals surface area (Å²) in [5.41, 5.74) is 1.83. The Hall–Kier alpha value is -1.26. The van der Waals surface area contributed by atoms with Crippen molar-refractivity contribution in [2.24, 2.45) is 0 Å². The molecule has 0 spiro atoms. The molecule has 0 fully saturated rings. The molecule has 2 aromatic rings. The Bertz CT molecular complexity index is 513. The maximum Gasteiger partial charge on any atom is 0.131 e. The Labute approximate surface area is 109 Å². The smallest absolute Gasteiger partial charge is 0.131 e. The number of benzene rings is 1. The van der Waals surface area contributed by atoms with Crippen molar-refractivity contribution in [2.45, 2.75) is 5.88 Å². The van der Waals surface area contributed by atoms with Gasteiger partial charge in [-0.2, -0.15) is 0 Å². The highest BCUT2D eigenvalue weighted by Crippen LogP contribution is 2.33. The van der Waals surface area contributed by atoms with Gasteiger partial charge in [-0.05, 0) is 12.1 Å². The molecule has 90 valence electrons. The number of hydrogen-bond acceptors (Lipinski definition) is 4. The van der Waals surface area contributed by atoms with Crippen LogP contribution >= 0.6 is 22.9 Å². The standard InChI is InChI=1S/C12H12ClNO2S/c1-15-8-3-4-9(11(5-8)16-2)10-7-17-12(6-13)14-10/h3-5,7H,6H2,1-2H3. The Morgan fingerprint density at radius 1 is 1.29 bits per heavy atom. The van der Waals surface area contributed by atoms with Gasteiger partial charge in [0, 0.05) is 17.0 Å². The molecule has 0 radical (unpaired) electrons. The van der Waals surface area contributed by atoms with Gasteiger partial charge in [0.25, 0.3) is 0 Å². The fraction of sp³-hybridized carbons (Fsp3) is 0.250. The summed E-state index contributed by atoms with van der Waals surface area (Å²) in [5, 5.41) is 2.88. The van der Waals surface area contributed by atoms with Crippen LogP contribution in [0.4, 0.5) is 0 Å². The van der Waals surface area contributed by atoms with Crippen LogP contribution in [0.1, 0.15) is 5.01 Å². The molecule has 5 heteroatoms. The Morgan fingerprint density at radius 3 is 2.71 bits per heavy atom. The molecule has 1 heterocycles. The van der Waals surface area contributed by atoms with Gasteiger partial charge in [0.2, 0.25) is 0 Å². The summed E-state index contributed by atoms with van der Waals surface area (Å²) in [6, 6.07) is 5.66. The molecule has 1 aromatic carbocycles. The molecule has 0 saturated heterocycles. The Balaban J connectivity index is 2.43. The summed E-state index contributed by atoms with van der Waals surface area (Å²) in [6.07, 6.45) is 0. The summed E-state index contributed by atoms with van der Waals surface area (Å²) in [7, 11) is 3.26. The molecule has 3 nitrogen and oxygen atoms in total. The van der Waals surface area contributed by atoms with E-state index in [1.54, 1.807) is 25.6 Å². The molecule has 0 aliphatic heterocycles. The van der Waals surface area contributed by atoms with Crippen LogP contribution < -0.4 is 9.47 Å². The van der Waals surface area contributed by atoms with Gasteiger partial charge in [0.1, 0.15) is 16.5 Å². The number of methoxy groups -OCH3 is 2. The van der Waals surface area contributed by atoms with Crippen LogP contribution in [0.5, 0.6) is 11.5 Å². The minimum atomic E-state index is 0.434. The number of aromatic nitrogens is 1. The fourth-order valence-electron chi connectivity index (χ4n) is 1.51. The van der Waals surface area contributed by atoms with Gasteiger partial charge in [-0.25, -0.2) is 4.98 Å². The summed E-state index contributed by atoms with van der Waals surface area (Å²) in [5.74, 6) is 1.94. The average Bonchev–Trinajstić information content (AvgIpc) is 2.86. The predicted molar refractivity (Wildman–Crippen MR) is 70.2 cm³/mol. The van der Waals surface area contributed by atoms with Gasteiger partial charge in [-0.3, -0.25) is 0 Å². The van der Waals surface area contributed by atoms with Crippen LogP contribution in [0.15, 0.2) is 23.6 Å². The first-order valence-electron chi connectivity index (χ1n) is 5.01. The average molecular weight is 270 g/mol. The lowest BCUT2D eigenvalue weighted by molar-refractivity contribution is 0.395. The molecule has 0 amide bonds. The van der Waals surface area contributed by atoms with Gasteiger partial charge >= 0.3 is 0 Å². The van der Waals surface area contributed by atoms with Crippen molar-refractivity contribution in [1.29, 1.82) is 0 Å². The SMILES string of the molecule is COc1ccc(-c2csc(CCl)n2)c(OC)c1. The fourth-order valence-corrected chi connectivity index (χ4v) is 2.40. The van der Waals surface area contributed by atoms with Crippen molar-refractivity contribution in [2.75, 3.05) is 14.2 Å². The van der Waals surface area contributed by atoms with E-state index in [-0.39, 0.29) is 0 Å². The largest absolute Gasteiger partial charge is 0.497 e. The summed E-state index contributed by atoms with van der Waals surface area (Å²) < 4.78 is 10.5. The highest BCUT2D eigenvalue weighted by Gasteiger charge is 2.10. The number of halogens is 1. The number of rotatable bonds is 4. The third-order valence-electron chi connectivity index (χ3n) is 2.35. The third-order valence-corrected chi connectivity index (χ3v) is 3.61. The van der Waals surface area contributed by atoms with Crippen LogP contribution in [0.2, 0.25) is 0 Å². The second-order valence-electron chi connectivity index (χ2n) is 3.33. The van der Waals surface area contributed by atoms with Gasteiger partial charge in [-0.15, -0.1) is 22.9 Å². The second kappa shape index (κ2) is 5.38. The van der Waals surface area contributed by atoms with Crippen molar-refractivity contribution in [3.63, 3.8) is 0 Å². The first kappa shape index (κ1) is 12.2.